The third kappa shape index (κ3) is 4.28. The first kappa shape index (κ1) is 17.7. The van der Waals surface area contributed by atoms with Gasteiger partial charge in [0.25, 0.3) is 0 Å². The van der Waals surface area contributed by atoms with E-state index >= 15 is 0 Å². The van der Waals surface area contributed by atoms with Gasteiger partial charge in [0.1, 0.15) is 11.7 Å². The number of carbonyl (C=O) groups is 1. The molecule has 1 saturated heterocycles. The summed E-state index contributed by atoms with van der Waals surface area (Å²) in [6.07, 6.45) is 7.56. The van der Waals surface area contributed by atoms with E-state index in [0.29, 0.717) is 32.2 Å². The molecule has 0 bridgehead atoms. The lowest BCUT2D eigenvalue weighted by Gasteiger charge is -2.33. The van der Waals surface area contributed by atoms with Crippen molar-refractivity contribution in [1.82, 2.24) is 25.2 Å². The summed E-state index contributed by atoms with van der Waals surface area (Å²) >= 11 is 0. The maximum absolute atomic E-state index is 12.7. The molecule has 1 aliphatic heterocycles. The van der Waals surface area contributed by atoms with Crippen LogP contribution in [0.2, 0.25) is 0 Å². The van der Waals surface area contributed by atoms with Crippen LogP contribution in [0.1, 0.15) is 56.8 Å². The highest BCUT2D eigenvalue weighted by Gasteiger charge is 2.31. The van der Waals surface area contributed by atoms with Crippen molar-refractivity contribution in [3.8, 4) is 6.07 Å². The first-order valence-corrected chi connectivity index (χ1v) is 9.13. The molecule has 8 nitrogen and oxygen atoms in total. The molecular weight excluding hydrogens is 320 g/mol. The van der Waals surface area contributed by atoms with Crippen molar-refractivity contribution >= 4 is 6.03 Å². The third-order valence-electron chi connectivity index (χ3n) is 5.13. The maximum atomic E-state index is 12.7. The van der Waals surface area contributed by atoms with Crippen molar-refractivity contribution in [3.05, 3.63) is 11.9 Å². The normalized spacial score (nSPS) is 21.4. The average Bonchev–Trinajstić information content (AvgIpc) is 3.16. The van der Waals surface area contributed by atoms with Crippen LogP contribution < -0.4 is 5.32 Å². The topological polar surface area (TPSA) is 96.1 Å². The van der Waals surface area contributed by atoms with Gasteiger partial charge in [-0.3, -0.25) is 0 Å². The molecule has 136 valence electrons. The number of amides is 2. The molecule has 2 heterocycles. The Balaban J connectivity index is 1.76. The Labute approximate surface area is 148 Å². The van der Waals surface area contributed by atoms with E-state index in [0.717, 1.165) is 18.5 Å². The lowest BCUT2D eigenvalue weighted by Crippen LogP contribution is -2.48. The zero-order chi connectivity index (χ0) is 17.6. The van der Waals surface area contributed by atoms with Gasteiger partial charge in [-0.05, 0) is 25.7 Å². The Hall–Kier alpha value is -2.14. The van der Waals surface area contributed by atoms with Crippen molar-refractivity contribution in [3.63, 3.8) is 0 Å². The van der Waals surface area contributed by atoms with E-state index in [1.54, 1.807) is 22.7 Å². The van der Waals surface area contributed by atoms with E-state index in [4.69, 9.17) is 10.00 Å². The zero-order valence-electron chi connectivity index (χ0n) is 14.7. The van der Waals surface area contributed by atoms with Crippen LogP contribution in [0.15, 0.2) is 6.20 Å². The highest BCUT2D eigenvalue weighted by Crippen LogP contribution is 2.34. The summed E-state index contributed by atoms with van der Waals surface area (Å²) in [5, 5.41) is 20.6. The minimum absolute atomic E-state index is 0.0678. The van der Waals surface area contributed by atoms with Crippen LogP contribution in [0.25, 0.3) is 0 Å². The van der Waals surface area contributed by atoms with Crippen molar-refractivity contribution < 1.29 is 9.53 Å². The Morgan fingerprint density at radius 1 is 1.36 bits per heavy atom. The smallest absolute Gasteiger partial charge is 0.318 e. The number of nitriles is 1. The number of morpholine rings is 1. The number of nitrogens with one attached hydrogen (secondary N) is 1. The lowest BCUT2D eigenvalue weighted by atomic mass is 9.83. The summed E-state index contributed by atoms with van der Waals surface area (Å²) < 4.78 is 6.88. The number of rotatable bonds is 4. The fraction of sp³-hybridized carbons (Fsp3) is 0.765. The second-order valence-electron chi connectivity index (χ2n) is 6.85. The molecule has 1 saturated carbocycles. The quantitative estimate of drug-likeness (QED) is 0.900. The van der Waals surface area contributed by atoms with E-state index < -0.39 is 0 Å². The predicted molar refractivity (Wildman–Crippen MR) is 90.6 cm³/mol. The molecule has 0 spiro atoms. The molecular formula is C17H26N6O2. The summed E-state index contributed by atoms with van der Waals surface area (Å²) in [7, 11) is 0. The van der Waals surface area contributed by atoms with Crippen molar-refractivity contribution in [2.24, 2.45) is 5.92 Å². The predicted octanol–water partition coefficient (Wildman–Crippen LogP) is 2.03. The number of urea groups is 1. The van der Waals surface area contributed by atoms with Crippen LogP contribution in [0.5, 0.6) is 0 Å². The monoisotopic (exact) mass is 346 g/mol. The van der Waals surface area contributed by atoms with Crippen LogP contribution in [0.3, 0.4) is 0 Å². The minimum Gasteiger partial charge on any atom is -0.378 e. The number of carbonyl (C=O) groups excluding carboxylic acids is 1. The van der Waals surface area contributed by atoms with Crippen LogP contribution in [0.4, 0.5) is 4.79 Å². The van der Waals surface area contributed by atoms with Gasteiger partial charge in [0.15, 0.2) is 0 Å². The molecule has 0 radical (unpaired) electrons. The minimum atomic E-state index is -0.372. The van der Waals surface area contributed by atoms with Crippen molar-refractivity contribution in [1.29, 1.82) is 5.26 Å². The second-order valence-corrected chi connectivity index (χ2v) is 6.85. The molecule has 2 fully saturated rings. The van der Waals surface area contributed by atoms with Crippen molar-refractivity contribution in [2.45, 2.75) is 51.1 Å². The molecule has 0 aromatic carbocycles. The van der Waals surface area contributed by atoms with Crippen LogP contribution in [0, 0.1) is 17.2 Å². The maximum Gasteiger partial charge on any atom is 0.318 e. The molecule has 2 unspecified atom stereocenters. The Bertz CT molecular complexity index is 613. The lowest BCUT2D eigenvalue weighted by molar-refractivity contribution is 0.0515. The highest BCUT2D eigenvalue weighted by molar-refractivity contribution is 5.74. The number of hydrogen-bond donors (Lipinski definition) is 1. The number of ether oxygens (including phenoxy) is 1. The van der Waals surface area contributed by atoms with Gasteiger partial charge in [-0.15, -0.1) is 5.10 Å². The highest BCUT2D eigenvalue weighted by atomic mass is 16.5. The molecule has 1 aromatic rings. The van der Waals surface area contributed by atoms with Gasteiger partial charge in [0.05, 0.1) is 31.5 Å². The summed E-state index contributed by atoms with van der Waals surface area (Å²) in [6, 6.07) is 1.56. The fourth-order valence-corrected chi connectivity index (χ4v) is 3.57. The molecule has 8 heteroatoms. The van der Waals surface area contributed by atoms with Crippen LogP contribution >= 0.6 is 0 Å². The molecule has 1 aromatic heterocycles. The Morgan fingerprint density at radius 2 is 2.08 bits per heavy atom. The average molecular weight is 346 g/mol. The summed E-state index contributed by atoms with van der Waals surface area (Å²) in [5.41, 5.74) is 0.746. The third-order valence-corrected chi connectivity index (χ3v) is 5.13. The summed E-state index contributed by atoms with van der Waals surface area (Å²) in [4.78, 5) is 14.5. The van der Waals surface area contributed by atoms with Crippen molar-refractivity contribution in [2.75, 3.05) is 26.3 Å². The van der Waals surface area contributed by atoms with Gasteiger partial charge >= 0.3 is 6.03 Å². The van der Waals surface area contributed by atoms with Crippen LogP contribution in [-0.2, 0) is 4.74 Å². The van der Waals surface area contributed by atoms with Crippen LogP contribution in [-0.4, -0.2) is 52.2 Å². The van der Waals surface area contributed by atoms with Gasteiger partial charge in [-0.1, -0.05) is 24.5 Å². The number of hydrogen-bond acceptors (Lipinski definition) is 5. The number of nitrogens with zero attached hydrogens (tertiary/aromatic N) is 5. The van der Waals surface area contributed by atoms with Gasteiger partial charge in [0.2, 0.25) is 0 Å². The molecule has 3 rings (SSSR count). The van der Waals surface area contributed by atoms with E-state index in [2.05, 4.69) is 21.7 Å². The first-order valence-electron chi connectivity index (χ1n) is 9.13. The van der Waals surface area contributed by atoms with E-state index in [1.165, 1.54) is 19.3 Å². The van der Waals surface area contributed by atoms with E-state index in [9.17, 15) is 4.79 Å². The van der Waals surface area contributed by atoms with Gasteiger partial charge in [-0.25, -0.2) is 9.48 Å². The molecule has 1 aliphatic carbocycles. The Morgan fingerprint density at radius 3 is 2.76 bits per heavy atom. The number of aromatic nitrogens is 3. The van der Waals surface area contributed by atoms with E-state index in [-0.39, 0.29) is 18.1 Å². The molecule has 25 heavy (non-hydrogen) atoms. The zero-order valence-corrected chi connectivity index (χ0v) is 14.7. The summed E-state index contributed by atoms with van der Waals surface area (Å²) in [5.74, 6) is 0.362. The molecule has 2 amide bonds. The fourth-order valence-electron chi connectivity index (χ4n) is 3.57. The molecule has 2 aliphatic rings. The Kier molecular flexibility index (Phi) is 5.87. The van der Waals surface area contributed by atoms with Gasteiger partial charge in [0, 0.05) is 13.1 Å². The molecule has 2 atom stereocenters. The molecule has 1 N–H and O–H groups in total. The standard InChI is InChI=1S/C17H26N6O2/c1-13(11-18)23-12-15(20-21-23)16(14-5-3-2-4-6-14)19-17(24)22-7-9-25-10-8-22/h12-14,16H,2-10H2,1H3,(H,19,24). The first-order chi connectivity index (χ1) is 12.2. The van der Waals surface area contributed by atoms with E-state index in [1.807, 2.05) is 0 Å². The van der Waals surface area contributed by atoms with Gasteiger partial charge in [-0.2, -0.15) is 5.26 Å². The largest absolute Gasteiger partial charge is 0.378 e. The SMILES string of the molecule is CC(C#N)n1cc(C(NC(=O)N2CCOCC2)C2CCCCC2)nn1. The summed E-state index contributed by atoms with van der Waals surface area (Å²) in [6.45, 7) is 4.16. The second kappa shape index (κ2) is 8.30. The van der Waals surface area contributed by atoms with Gasteiger partial charge < -0.3 is 15.0 Å².